The van der Waals surface area contributed by atoms with Gasteiger partial charge < -0.3 is 9.64 Å². The highest BCUT2D eigenvalue weighted by Crippen LogP contribution is 2.51. The van der Waals surface area contributed by atoms with Gasteiger partial charge in [0.2, 0.25) is 0 Å². The number of methoxy groups -OCH3 is 1. The van der Waals surface area contributed by atoms with Crippen molar-refractivity contribution in [2.24, 2.45) is 4.99 Å². The number of hydrogen-bond donors (Lipinski definition) is 0. The maximum absolute atomic E-state index is 13.8. The molecule has 2 aliphatic heterocycles. The van der Waals surface area contributed by atoms with Crippen molar-refractivity contribution in [1.82, 2.24) is 4.90 Å². The van der Waals surface area contributed by atoms with Crippen LogP contribution in [0.5, 0.6) is 5.75 Å². The van der Waals surface area contributed by atoms with E-state index in [0.717, 1.165) is 68.4 Å². The zero-order valence-electron chi connectivity index (χ0n) is 18.9. The van der Waals surface area contributed by atoms with Gasteiger partial charge in [0.05, 0.1) is 23.5 Å². The zero-order chi connectivity index (χ0) is 23.1. The number of anilines is 1. The second kappa shape index (κ2) is 9.28. The summed E-state index contributed by atoms with van der Waals surface area (Å²) in [5.41, 5.74) is 2.84. The van der Waals surface area contributed by atoms with Crippen molar-refractivity contribution in [2.75, 3.05) is 19.1 Å². The smallest absolute Gasteiger partial charge is 0.269 e. The number of hydrogen-bond acceptors (Lipinski definition) is 6. The number of amidine groups is 1. The molecule has 0 spiro atoms. The second-order valence-electron chi connectivity index (χ2n) is 8.53. The molecule has 33 heavy (non-hydrogen) atoms. The average molecular weight is 500 g/mol. The molecule has 0 N–H and O–H groups in total. The lowest BCUT2D eigenvalue weighted by molar-refractivity contribution is -0.124. The summed E-state index contributed by atoms with van der Waals surface area (Å²) in [5.74, 6) is 0.859. The van der Waals surface area contributed by atoms with Crippen LogP contribution in [-0.4, -0.2) is 36.2 Å². The maximum Gasteiger partial charge on any atom is 0.269 e. The summed E-state index contributed by atoms with van der Waals surface area (Å²) < 4.78 is 5.41. The first-order chi connectivity index (χ1) is 16.0. The van der Waals surface area contributed by atoms with Gasteiger partial charge in [0, 0.05) is 29.1 Å². The van der Waals surface area contributed by atoms with E-state index in [1.54, 1.807) is 18.9 Å². The summed E-state index contributed by atoms with van der Waals surface area (Å²) >= 11 is 9.46. The van der Waals surface area contributed by atoms with E-state index in [1.165, 1.54) is 18.2 Å². The van der Waals surface area contributed by atoms with E-state index in [1.807, 2.05) is 49.2 Å². The Morgan fingerprint density at radius 3 is 2.61 bits per heavy atom. The van der Waals surface area contributed by atoms with Crippen LogP contribution >= 0.6 is 35.1 Å². The second-order valence-corrected chi connectivity index (χ2v) is 10.9. The summed E-state index contributed by atoms with van der Waals surface area (Å²) in [6.45, 7) is 1.98. The Hall–Kier alpha value is -2.09. The molecule has 0 aromatic heterocycles. The van der Waals surface area contributed by atoms with E-state index in [-0.39, 0.29) is 11.9 Å². The fraction of sp³-hybridized carbons (Fsp3) is 0.360. The topological polar surface area (TPSA) is 45.1 Å². The lowest BCUT2D eigenvalue weighted by Crippen LogP contribution is -2.40. The third-order valence-corrected chi connectivity index (χ3v) is 9.18. The SMILES string of the molecule is COc1ccc2c(c1)N(C)/C(=C1/SC(=Nc3ccc(C)c(Cl)c3)N(C3CCCCC3)C1=O)S2. The molecular weight excluding hydrogens is 474 g/mol. The number of ether oxygens (including phenoxy) is 1. The first-order valence-corrected chi connectivity index (χ1v) is 13.2. The van der Waals surface area contributed by atoms with Gasteiger partial charge in [-0.25, -0.2) is 4.99 Å². The fourth-order valence-corrected chi connectivity index (χ4v) is 7.03. The van der Waals surface area contributed by atoms with Crippen molar-refractivity contribution in [3.63, 3.8) is 0 Å². The molecule has 0 radical (unpaired) electrons. The van der Waals surface area contributed by atoms with Crippen LogP contribution in [0.2, 0.25) is 5.02 Å². The van der Waals surface area contributed by atoms with Gasteiger partial charge >= 0.3 is 0 Å². The summed E-state index contributed by atoms with van der Waals surface area (Å²) in [6.07, 6.45) is 5.56. The molecule has 1 amide bonds. The number of rotatable bonds is 3. The Balaban J connectivity index is 1.55. The first kappa shape index (κ1) is 22.7. The molecule has 2 fully saturated rings. The number of aryl methyl sites for hydroxylation is 1. The molecule has 172 valence electrons. The van der Waals surface area contributed by atoms with Gasteiger partial charge in [0.1, 0.15) is 10.7 Å². The molecule has 0 atom stereocenters. The predicted molar refractivity (Wildman–Crippen MR) is 139 cm³/mol. The molecular formula is C25H26ClN3O2S2. The third-order valence-electron chi connectivity index (χ3n) is 6.37. The van der Waals surface area contributed by atoms with Gasteiger partial charge in [-0.05, 0) is 61.4 Å². The Labute approximate surface area is 208 Å². The molecule has 3 aliphatic rings. The standard InChI is InChI=1S/C25H26ClN3O2S2/c1-15-9-10-16(13-19(15)26)27-25-29(17-7-5-4-6-8-17)23(30)22(33-25)24-28(2)20-14-18(31-3)11-12-21(20)32-24/h9-14,17H,4-8H2,1-3H3/b24-22-,27-25?. The third kappa shape index (κ3) is 4.27. The van der Waals surface area contributed by atoms with Crippen LogP contribution in [0.1, 0.15) is 37.7 Å². The Morgan fingerprint density at radius 1 is 1.09 bits per heavy atom. The number of halogens is 1. The lowest BCUT2D eigenvalue weighted by atomic mass is 9.94. The van der Waals surface area contributed by atoms with Gasteiger partial charge in [-0.3, -0.25) is 9.69 Å². The quantitative estimate of drug-likeness (QED) is 0.427. The number of nitrogens with zero attached hydrogens (tertiary/aromatic N) is 3. The molecule has 2 aromatic rings. The largest absolute Gasteiger partial charge is 0.497 e. The average Bonchev–Trinajstić information content (AvgIpc) is 3.32. The van der Waals surface area contributed by atoms with Gasteiger partial charge in [-0.1, -0.05) is 48.7 Å². The predicted octanol–water partition coefficient (Wildman–Crippen LogP) is 6.96. The maximum atomic E-state index is 13.8. The van der Waals surface area contributed by atoms with Crippen molar-refractivity contribution in [3.8, 4) is 5.75 Å². The molecule has 1 saturated carbocycles. The number of carbonyl (C=O) groups excluding carboxylic acids is 1. The molecule has 1 aliphatic carbocycles. The van der Waals surface area contributed by atoms with Crippen LogP contribution in [0.25, 0.3) is 0 Å². The van der Waals surface area contributed by atoms with Crippen LogP contribution in [0, 0.1) is 6.92 Å². The van der Waals surface area contributed by atoms with Crippen LogP contribution in [0.4, 0.5) is 11.4 Å². The van der Waals surface area contributed by atoms with Crippen LogP contribution in [0.15, 0.2) is 56.2 Å². The minimum absolute atomic E-state index is 0.0537. The fourth-order valence-electron chi connectivity index (χ4n) is 4.47. The van der Waals surface area contributed by atoms with E-state index in [2.05, 4.69) is 11.0 Å². The van der Waals surface area contributed by atoms with E-state index >= 15 is 0 Å². The molecule has 5 nitrogen and oxygen atoms in total. The van der Waals surface area contributed by atoms with Gasteiger partial charge in [0.15, 0.2) is 5.17 Å². The number of carbonyl (C=O) groups is 1. The number of benzene rings is 2. The highest BCUT2D eigenvalue weighted by atomic mass is 35.5. The van der Waals surface area contributed by atoms with Crippen LogP contribution in [0.3, 0.4) is 0 Å². The highest BCUT2D eigenvalue weighted by Gasteiger charge is 2.42. The van der Waals surface area contributed by atoms with Crippen molar-refractivity contribution < 1.29 is 9.53 Å². The Bertz CT molecular complexity index is 1170. The first-order valence-electron chi connectivity index (χ1n) is 11.2. The Kier molecular flexibility index (Phi) is 6.38. The van der Waals surface area contributed by atoms with Crippen molar-refractivity contribution in [3.05, 3.63) is 56.9 Å². The minimum Gasteiger partial charge on any atom is -0.497 e. The Morgan fingerprint density at radius 2 is 1.88 bits per heavy atom. The van der Waals surface area contributed by atoms with Crippen LogP contribution in [-0.2, 0) is 4.79 Å². The molecule has 0 unspecified atom stereocenters. The highest BCUT2D eigenvalue weighted by molar-refractivity contribution is 8.19. The molecule has 1 saturated heterocycles. The van der Waals surface area contributed by atoms with Crippen molar-refractivity contribution in [1.29, 1.82) is 0 Å². The molecule has 2 aromatic carbocycles. The van der Waals surface area contributed by atoms with E-state index < -0.39 is 0 Å². The number of thioether (sulfide) groups is 2. The van der Waals surface area contributed by atoms with Gasteiger partial charge in [0.25, 0.3) is 5.91 Å². The van der Waals surface area contributed by atoms with E-state index in [4.69, 9.17) is 21.3 Å². The molecule has 0 bridgehead atoms. The molecule has 2 heterocycles. The minimum atomic E-state index is 0.0537. The zero-order valence-corrected chi connectivity index (χ0v) is 21.3. The van der Waals surface area contributed by atoms with Gasteiger partial charge in [-0.15, -0.1) is 0 Å². The van der Waals surface area contributed by atoms with Gasteiger partial charge in [-0.2, -0.15) is 0 Å². The number of aliphatic imine (C=N–C) groups is 1. The lowest BCUT2D eigenvalue weighted by Gasteiger charge is -2.30. The summed E-state index contributed by atoms with van der Waals surface area (Å²) in [7, 11) is 3.68. The summed E-state index contributed by atoms with van der Waals surface area (Å²) in [6, 6.07) is 12.0. The van der Waals surface area contributed by atoms with E-state index in [0.29, 0.717) is 5.02 Å². The van der Waals surface area contributed by atoms with Crippen LogP contribution < -0.4 is 9.64 Å². The normalized spacial score (nSPS) is 22.4. The molecule has 8 heteroatoms. The summed E-state index contributed by atoms with van der Waals surface area (Å²) in [5, 5.41) is 2.38. The monoisotopic (exact) mass is 499 g/mol. The summed E-state index contributed by atoms with van der Waals surface area (Å²) in [4.78, 5) is 24.6. The van der Waals surface area contributed by atoms with Crippen molar-refractivity contribution in [2.45, 2.75) is 50.0 Å². The van der Waals surface area contributed by atoms with Crippen molar-refractivity contribution >= 4 is 57.6 Å². The van der Waals surface area contributed by atoms with E-state index in [9.17, 15) is 4.79 Å². The number of amides is 1. The number of fused-ring (bicyclic) bond motifs is 1. The molecule has 5 rings (SSSR count).